The van der Waals surface area contributed by atoms with Crippen molar-refractivity contribution in [2.75, 3.05) is 5.75 Å². The number of hydrogen-bond donors (Lipinski definition) is 1. The molecule has 0 saturated heterocycles. The van der Waals surface area contributed by atoms with Gasteiger partial charge in [-0.1, -0.05) is 39.0 Å². The molecule has 1 aromatic carbocycles. The Balaban J connectivity index is 2.82. The molecule has 0 bridgehead atoms. The average Bonchev–Trinajstić information content (AvgIpc) is 2.23. The van der Waals surface area contributed by atoms with Gasteiger partial charge in [0.15, 0.2) is 0 Å². The number of ether oxygens (including phenoxy) is 1. The van der Waals surface area contributed by atoms with E-state index in [1.165, 1.54) is 30.0 Å². The van der Waals surface area contributed by atoms with Crippen LogP contribution in [-0.2, 0) is 0 Å². The minimum atomic E-state index is -4.76. The molecule has 1 N–H and O–H groups in total. The van der Waals surface area contributed by atoms with E-state index >= 15 is 0 Å². The van der Waals surface area contributed by atoms with Crippen LogP contribution in [0.3, 0.4) is 0 Å². The van der Waals surface area contributed by atoms with Crippen molar-refractivity contribution in [1.82, 2.24) is 0 Å². The van der Waals surface area contributed by atoms with E-state index in [0.29, 0.717) is 5.75 Å². The summed E-state index contributed by atoms with van der Waals surface area (Å²) in [4.78, 5) is 0. The zero-order valence-electron chi connectivity index (χ0n) is 11.0. The van der Waals surface area contributed by atoms with Crippen molar-refractivity contribution in [2.24, 2.45) is 0 Å². The van der Waals surface area contributed by atoms with Crippen LogP contribution in [0.2, 0.25) is 0 Å². The Morgan fingerprint density at radius 1 is 1.21 bits per heavy atom. The SMILES string of the molecule is CC(C)(C)SCC(O)c1ccccc1OC(F)(F)F. The molecule has 0 aliphatic carbocycles. The normalized spacial score (nSPS) is 14.3. The highest BCUT2D eigenvalue weighted by atomic mass is 32.2. The second-order valence-electron chi connectivity index (χ2n) is 5.02. The van der Waals surface area contributed by atoms with Crippen molar-refractivity contribution in [2.45, 2.75) is 38.0 Å². The topological polar surface area (TPSA) is 29.5 Å². The summed E-state index contributed by atoms with van der Waals surface area (Å²) in [6.45, 7) is 5.92. The summed E-state index contributed by atoms with van der Waals surface area (Å²) in [5, 5.41) is 9.99. The summed E-state index contributed by atoms with van der Waals surface area (Å²) < 4.78 is 40.6. The van der Waals surface area contributed by atoms with Gasteiger partial charge in [0.1, 0.15) is 5.75 Å². The van der Waals surface area contributed by atoms with Crippen LogP contribution in [0.1, 0.15) is 32.4 Å². The molecule has 2 nitrogen and oxygen atoms in total. The Kier molecular flexibility index (Phi) is 5.15. The third-order valence-electron chi connectivity index (χ3n) is 2.18. The molecular formula is C13H17F3O2S. The molecule has 1 rings (SSSR count). The molecule has 0 saturated carbocycles. The van der Waals surface area contributed by atoms with Gasteiger partial charge < -0.3 is 9.84 Å². The lowest BCUT2D eigenvalue weighted by atomic mass is 10.1. The van der Waals surface area contributed by atoms with Crippen molar-refractivity contribution in [3.63, 3.8) is 0 Å². The maximum absolute atomic E-state index is 12.3. The Morgan fingerprint density at radius 3 is 2.32 bits per heavy atom. The van der Waals surface area contributed by atoms with Crippen LogP contribution in [-0.4, -0.2) is 22.0 Å². The van der Waals surface area contributed by atoms with Gasteiger partial charge in [-0.2, -0.15) is 11.8 Å². The number of hydrogen-bond acceptors (Lipinski definition) is 3. The molecule has 1 atom stereocenters. The highest BCUT2D eigenvalue weighted by Crippen LogP contribution is 2.34. The zero-order chi connectivity index (χ0) is 14.7. The molecule has 0 amide bonds. The Labute approximate surface area is 115 Å². The summed E-state index contributed by atoms with van der Waals surface area (Å²) in [6, 6.07) is 5.65. The van der Waals surface area contributed by atoms with E-state index in [9.17, 15) is 18.3 Å². The van der Waals surface area contributed by atoms with E-state index in [2.05, 4.69) is 4.74 Å². The summed E-state index contributed by atoms with van der Waals surface area (Å²) in [5.41, 5.74) is 0.150. The van der Waals surface area contributed by atoms with Crippen molar-refractivity contribution >= 4 is 11.8 Å². The highest BCUT2D eigenvalue weighted by Gasteiger charge is 2.32. The fraction of sp³-hybridized carbons (Fsp3) is 0.538. The van der Waals surface area contributed by atoms with E-state index in [1.54, 1.807) is 6.07 Å². The fourth-order valence-electron chi connectivity index (χ4n) is 1.39. The van der Waals surface area contributed by atoms with E-state index in [-0.39, 0.29) is 16.1 Å². The lowest BCUT2D eigenvalue weighted by molar-refractivity contribution is -0.275. The van der Waals surface area contributed by atoms with Gasteiger partial charge in [-0.05, 0) is 6.07 Å². The van der Waals surface area contributed by atoms with Crippen molar-refractivity contribution in [3.8, 4) is 5.75 Å². The number of alkyl halides is 3. The standard InChI is InChI=1S/C13H17F3O2S/c1-12(2,3)19-8-10(17)9-6-4-5-7-11(9)18-13(14,15)16/h4-7,10,17H,8H2,1-3H3. The first-order valence-corrected chi connectivity index (χ1v) is 6.74. The predicted molar refractivity (Wildman–Crippen MR) is 70.3 cm³/mol. The van der Waals surface area contributed by atoms with Crippen LogP contribution in [0.4, 0.5) is 13.2 Å². The van der Waals surface area contributed by atoms with Gasteiger partial charge in [-0.3, -0.25) is 0 Å². The first kappa shape index (κ1) is 16.2. The minimum Gasteiger partial charge on any atom is -0.405 e. The van der Waals surface area contributed by atoms with Crippen LogP contribution in [0, 0.1) is 0 Å². The Bertz CT molecular complexity index is 413. The van der Waals surface area contributed by atoms with E-state index in [4.69, 9.17) is 0 Å². The minimum absolute atomic E-state index is 0.0686. The molecule has 1 aromatic rings. The van der Waals surface area contributed by atoms with Gasteiger partial charge >= 0.3 is 6.36 Å². The maximum Gasteiger partial charge on any atom is 0.573 e. The number of rotatable bonds is 4. The molecule has 0 aromatic heterocycles. The smallest absolute Gasteiger partial charge is 0.405 e. The number of aliphatic hydroxyl groups is 1. The Morgan fingerprint density at radius 2 is 1.79 bits per heavy atom. The predicted octanol–water partition coefficient (Wildman–Crippen LogP) is 4.15. The quantitative estimate of drug-likeness (QED) is 0.904. The van der Waals surface area contributed by atoms with E-state index < -0.39 is 12.5 Å². The summed E-state index contributed by atoms with van der Waals surface area (Å²) >= 11 is 1.48. The van der Waals surface area contributed by atoms with Crippen LogP contribution in [0.5, 0.6) is 5.75 Å². The highest BCUT2D eigenvalue weighted by molar-refractivity contribution is 8.00. The molecule has 0 aliphatic rings. The average molecular weight is 294 g/mol. The third-order valence-corrected chi connectivity index (χ3v) is 3.53. The fourth-order valence-corrected chi connectivity index (χ4v) is 2.23. The first-order valence-electron chi connectivity index (χ1n) is 5.75. The van der Waals surface area contributed by atoms with Crippen LogP contribution >= 0.6 is 11.8 Å². The molecule has 19 heavy (non-hydrogen) atoms. The summed E-state index contributed by atoms with van der Waals surface area (Å²) in [7, 11) is 0. The molecule has 0 fully saturated rings. The summed E-state index contributed by atoms with van der Waals surface area (Å²) in [6.07, 6.45) is -5.75. The van der Waals surface area contributed by atoms with Crippen molar-refractivity contribution < 1.29 is 23.0 Å². The number of aliphatic hydroxyl groups excluding tert-OH is 1. The van der Waals surface area contributed by atoms with Crippen LogP contribution in [0.25, 0.3) is 0 Å². The number of para-hydroxylation sites is 1. The van der Waals surface area contributed by atoms with Crippen molar-refractivity contribution in [1.29, 1.82) is 0 Å². The second kappa shape index (κ2) is 6.05. The van der Waals surface area contributed by atoms with Gasteiger partial charge in [0.25, 0.3) is 0 Å². The maximum atomic E-state index is 12.3. The monoisotopic (exact) mass is 294 g/mol. The van der Waals surface area contributed by atoms with E-state index in [0.717, 1.165) is 0 Å². The third kappa shape index (κ3) is 6.20. The molecule has 0 spiro atoms. The van der Waals surface area contributed by atoms with E-state index in [1.807, 2.05) is 20.8 Å². The molecule has 0 aliphatic heterocycles. The van der Waals surface area contributed by atoms with Gasteiger partial charge in [0.05, 0.1) is 6.10 Å². The number of halogens is 3. The lowest BCUT2D eigenvalue weighted by Crippen LogP contribution is -2.19. The van der Waals surface area contributed by atoms with Gasteiger partial charge in [-0.25, -0.2) is 0 Å². The van der Waals surface area contributed by atoms with Crippen molar-refractivity contribution in [3.05, 3.63) is 29.8 Å². The zero-order valence-corrected chi connectivity index (χ0v) is 11.8. The Hall–Kier alpha value is -0.880. The van der Waals surface area contributed by atoms with Crippen LogP contribution < -0.4 is 4.74 Å². The largest absolute Gasteiger partial charge is 0.573 e. The first-order chi connectivity index (χ1) is 8.58. The van der Waals surface area contributed by atoms with Gasteiger partial charge in [0, 0.05) is 16.1 Å². The molecule has 108 valence electrons. The van der Waals surface area contributed by atoms with Gasteiger partial charge in [-0.15, -0.1) is 13.2 Å². The number of thioether (sulfide) groups is 1. The molecule has 0 radical (unpaired) electrons. The molecule has 6 heteroatoms. The summed E-state index contributed by atoms with van der Waals surface area (Å²) in [5.74, 6) is -0.0427. The second-order valence-corrected chi connectivity index (χ2v) is 6.87. The number of benzene rings is 1. The molecule has 1 unspecified atom stereocenters. The van der Waals surface area contributed by atoms with Gasteiger partial charge in [0.2, 0.25) is 0 Å². The van der Waals surface area contributed by atoms with Crippen LogP contribution in [0.15, 0.2) is 24.3 Å². The molecule has 0 heterocycles. The lowest BCUT2D eigenvalue weighted by Gasteiger charge is -2.21. The molecular weight excluding hydrogens is 277 g/mol.